The van der Waals surface area contributed by atoms with Crippen LogP contribution in [-0.2, 0) is 10.5 Å². The molecule has 162 valence electrons. The fraction of sp³-hybridized carbons (Fsp3) is 0.286. The number of hydrogen-bond donors (Lipinski definition) is 2. The molecule has 1 aliphatic heterocycles. The summed E-state index contributed by atoms with van der Waals surface area (Å²) in [5.41, 5.74) is 6.25. The summed E-state index contributed by atoms with van der Waals surface area (Å²) in [6.45, 7) is 4.61. The lowest BCUT2D eigenvalue weighted by molar-refractivity contribution is 0.0846. The van der Waals surface area contributed by atoms with Gasteiger partial charge in [-0.3, -0.25) is 20.4 Å². The van der Waals surface area contributed by atoms with Crippen LogP contribution < -0.4 is 15.8 Å². The van der Waals surface area contributed by atoms with E-state index in [1.165, 1.54) is 16.2 Å². The highest BCUT2D eigenvalue weighted by molar-refractivity contribution is 7.98. The molecule has 4 rings (SSSR count). The van der Waals surface area contributed by atoms with Gasteiger partial charge in [0.1, 0.15) is 4.88 Å². The monoisotopic (exact) mass is 474 g/mol. The first-order valence-corrected chi connectivity index (χ1v) is 12.4. The zero-order chi connectivity index (χ0) is 21.6. The fourth-order valence-electron chi connectivity index (χ4n) is 3.04. The number of morpholine rings is 1. The minimum atomic E-state index is -0.369. The number of carbonyl (C=O) groups is 2. The van der Waals surface area contributed by atoms with Gasteiger partial charge in [0, 0.05) is 28.6 Å². The average molecular weight is 475 g/mol. The first-order valence-electron chi connectivity index (χ1n) is 9.77. The number of aryl methyl sites for hydroxylation is 1. The molecule has 0 radical (unpaired) electrons. The topological polar surface area (TPSA) is 83.6 Å². The van der Waals surface area contributed by atoms with Gasteiger partial charge in [0.25, 0.3) is 11.8 Å². The third kappa shape index (κ3) is 5.45. The molecular weight excluding hydrogens is 452 g/mol. The molecule has 7 nitrogen and oxygen atoms in total. The molecule has 3 heterocycles. The van der Waals surface area contributed by atoms with Crippen molar-refractivity contribution in [1.29, 1.82) is 0 Å². The van der Waals surface area contributed by atoms with E-state index in [1.807, 2.05) is 29.6 Å². The second-order valence-electron chi connectivity index (χ2n) is 6.78. The van der Waals surface area contributed by atoms with E-state index in [4.69, 9.17) is 4.74 Å². The van der Waals surface area contributed by atoms with Gasteiger partial charge in [-0.1, -0.05) is 29.5 Å². The Kier molecular flexibility index (Phi) is 7.23. The minimum Gasteiger partial charge on any atom is -0.378 e. The van der Waals surface area contributed by atoms with E-state index in [0.717, 1.165) is 28.9 Å². The Bertz CT molecular complexity index is 1050. The van der Waals surface area contributed by atoms with Crippen molar-refractivity contribution in [2.75, 3.05) is 31.2 Å². The Hall–Kier alpha value is -2.40. The second kappa shape index (κ2) is 10.3. The number of thiazole rings is 1. The number of benzene rings is 1. The first kappa shape index (κ1) is 21.8. The van der Waals surface area contributed by atoms with E-state index in [-0.39, 0.29) is 11.8 Å². The van der Waals surface area contributed by atoms with Gasteiger partial charge >= 0.3 is 0 Å². The van der Waals surface area contributed by atoms with Crippen LogP contribution in [0.4, 0.5) is 5.13 Å². The fourth-order valence-corrected chi connectivity index (χ4v) is 5.88. The molecule has 0 atom stereocenters. The zero-order valence-corrected chi connectivity index (χ0v) is 19.4. The number of hydrazine groups is 1. The maximum Gasteiger partial charge on any atom is 0.281 e. The molecule has 10 heteroatoms. The Labute approximate surface area is 192 Å². The molecule has 0 spiro atoms. The van der Waals surface area contributed by atoms with Crippen LogP contribution in [0.1, 0.15) is 30.6 Å². The SMILES string of the molecule is Cc1nc(N2CCOCC2)sc1C(=O)NNC(=O)c1ccccc1SCc1cccs1. The molecule has 0 aliphatic carbocycles. The Morgan fingerprint density at radius 3 is 2.68 bits per heavy atom. The number of carbonyl (C=O) groups excluding carboxylic acids is 2. The molecule has 2 N–H and O–H groups in total. The molecule has 2 amide bonds. The van der Waals surface area contributed by atoms with Crippen molar-refractivity contribution in [3.05, 3.63) is 62.8 Å². The van der Waals surface area contributed by atoms with Crippen LogP contribution in [0.2, 0.25) is 0 Å². The Morgan fingerprint density at radius 2 is 1.90 bits per heavy atom. The summed E-state index contributed by atoms with van der Waals surface area (Å²) in [5.74, 6) is 0.0726. The third-order valence-corrected chi connectivity index (χ3v) is 8.04. The van der Waals surface area contributed by atoms with Crippen molar-refractivity contribution in [2.24, 2.45) is 0 Å². The van der Waals surface area contributed by atoms with Crippen molar-refractivity contribution >= 4 is 51.4 Å². The summed E-state index contributed by atoms with van der Waals surface area (Å²) >= 11 is 4.61. The third-order valence-electron chi connectivity index (χ3n) is 4.64. The minimum absolute atomic E-state index is 0.349. The van der Waals surface area contributed by atoms with E-state index >= 15 is 0 Å². The molecule has 0 bridgehead atoms. The lowest BCUT2D eigenvalue weighted by atomic mass is 10.2. The van der Waals surface area contributed by atoms with Crippen LogP contribution in [0.5, 0.6) is 0 Å². The van der Waals surface area contributed by atoms with E-state index in [9.17, 15) is 9.59 Å². The number of hydrogen-bond acceptors (Lipinski definition) is 8. The van der Waals surface area contributed by atoms with Gasteiger partial charge < -0.3 is 9.64 Å². The average Bonchev–Trinajstić information content (AvgIpc) is 3.46. The predicted molar refractivity (Wildman–Crippen MR) is 125 cm³/mol. The van der Waals surface area contributed by atoms with Gasteiger partial charge in [0.05, 0.1) is 24.5 Å². The highest BCUT2D eigenvalue weighted by atomic mass is 32.2. The zero-order valence-electron chi connectivity index (χ0n) is 16.9. The maximum absolute atomic E-state index is 12.7. The van der Waals surface area contributed by atoms with Crippen molar-refractivity contribution < 1.29 is 14.3 Å². The molecule has 1 aromatic carbocycles. The normalized spacial score (nSPS) is 13.8. The van der Waals surface area contributed by atoms with E-state index < -0.39 is 0 Å². The predicted octanol–water partition coefficient (Wildman–Crippen LogP) is 3.72. The second-order valence-corrected chi connectivity index (χ2v) is 9.81. The van der Waals surface area contributed by atoms with Crippen molar-refractivity contribution in [2.45, 2.75) is 17.6 Å². The number of ether oxygens (including phenoxy) is 1. The summed E-state index contributed by atoms with van der Waals surface area (Å²) in [6, 6.07) is 11.5. The highest BCUT2D eigenvalue weighted by Crippen LogP contribution is 2.28. The molecule has 3 aromatic rings. The number of thioether (sulfide) groups is 1. The van der Waals surface area contributed by atoms with E-state index in [2.05, 4.69) is 26.8 Å². The molecule has 0 saturated carbocycles. The summed E-state index contributed by atoms with van der Waals surface area (Å²) in [5, 5.41) is 2.84. The Balaban J connectivity index is 1.37. The molecule has 1 fully saturated rings. The first-order chi connectivity index (χ1) is 15.1. The van der Waals surface area contributed by atoms with E-state index in [0.29, 0.717) is 29.3 Å². The number of nitrogens with one attached hydrogen (secondary N) is 2. The lowest BCUT2D eigenvalue weighted by Crippen LogP contribution is -2.41. The Morgan fingerprint density at radius 1 is 1.13 bits per heavy atom. The number of rotatable bonds is 6. The molecule has 0 unspecified atom stereocenters. The number of thiophene rings is 1. The smallest absolute Gasteiger partial charge is 0.281 e. The highest BCUT2D eigenvalue weighted by Gasteiger charge is 2.21. The van der Waals surface area contributed by atoms with E-state index in [1.54, 1.807) is 36.1 Å². The van der Waals surface area contributed by atoms with Gasteiger partial charge in [-0.15, -0.1) is 23.1 Å². The summed E-state index contributed by atoms with van der Waals surface area (Å²) in [7, 11) is 0. The van der Waals surface area contributed by atoms with Crippen LogP contribution in [-0.4, -0.2) is 43.1 Å². The van der Waals surface area contributed by atoms with Gasteiger partial charge in [-0.25, -0.2) is 4.98 Å². The summed E-state index contributed by atoms with van der Waals surface area (Å²) < 4.78 is 5.37. The van der Waals surface area contributed by atoms with Crippen LogP contribution >= 0.6 is 34.4 Å². The number of aromatic nitrogens is 1. The molecule has 1 saturated heterocycles. The molecular formula is C21H22N4O3S3. The molecule has 2 aromatic heterocycles. The van der Waals surface area contributed by atoms with Crippen LogP contribution in [0.3, 0.4) is 0 Å². The summed E-state index contributed by atoms with van der Waals surface area (Å²) in [6.07, 6.45) is 0. The van der Waals surface area contributed by atoms with Crippen molar-refractivity contribution in [3.8, 4) is 0 Å². The van der Waals surface area contributed by atoms with Crippen LogP contribution in [0.15, 0.2) is 46.7 Å². The van der Waals surface area contributed by atoms with Crippen LogP contribution in [0, 0.1) is 6.92 Å². The van der Waals surface area contributed by atoms with Crippen molar-refractivity contribution in [3.63, 3.8) is 0 Å². The van der Waals surface area contributed by atoms with Crippen LogP contribution in [0.25, 0.3) is 0 Å². The molecule has 31 heavy (non-hydrogen) atoms. The summed E-state index contributed by atoms with van der Waals surface area (Å²) in [4.78, 5) is 34.6. The van der Waals surface area contributed by atoms with Gasteiger partial charge in [0.15, 0.2) is 5.13 Å². The van der Waals surface area contributed by atoms with Gasteiger partial charge in [0.2, 0.25) is 0 Å². The van der Waals surface area contributed by atoms with Gasteiger partial charge in [-0.2, -0.15) is 0 Å². The number of nitrogens with zero attached hydrogens (tertiary/aromatic N) is 2. The van der Waals surface area contributed by atoms with Crippen molar-refractivity contribution in [1.82, 2.24) is 15.8 Å². The standard InChI is InChI=1S/C21H22N4O3S3/c1-14-18(31-21(22-14)25-8-10-28-11-9-25)20(27)24-23-19(26)16-6-2-3-7-17(16)30-13-15-5-4-12-29-15/h2-7,12H,8-11,13H2,1H3,(H,23,26)(H,24,27). The quantitative estimate of drug-likeness (QED) is 0.419. The number of amides is 2. The van der Waals surface area contributed by atoms with Gasteiger partial charge in [-0.05, 0) is 30.5 Å². The maximum atomic E-state index is 12.7. The largest absolute Gasteiger partial charge is 0.378 e. The molecule has 1 aliphatic rings. The lowest BCUT2D eigenvalue weighted by Gasteiger charge is -2.25. The number of anilines is 1.